The number of thioether (sulfide) groups is 1. The zero-order valence-electron chi connectivity index (χ0n) is 13.8. The molecule has 5 nitrogen and oxygen atoms in total. The van der Waals surface area contributed by atoms with Gasteiger partial charge in [0.15, 0.2) is 0 Å². The lowest BCUT2D eigenvalue weighted by Crippen LogP contribution is -2.25. The molecule has 1 N–H and O–H groups in total. The predicted octanol–water partition coefficient (Wildman–Crippen LogP) is 2.55. The number of ether oxygens (including phenoxy) is 2. The first-order valence-electron chi connectivity index (χ1n) is 7.78. The second-order valence-corrected chi connectivity index (χ2v) is 6.46. The van der Waals surface area contributed by atoms with Gasteiger partial charge in [-0.2, -0.15) is 11.8 Å². The van der Waals surface area contributed by atoms with Crippen molar-refractivity contribution in [3.8, 4) is 0 Å². The van der Waals surface area contributed by atoms with E-state index < -0.39 is 12.1 Å². The van der Waals surface area contributed by atoms with Crippen molar-refractivity contribution in [2.75, 3.05) is 24.7 Å². The number of rotatable bonds is 11. The van der Waals surface area contributed by atoms with Crippen molar-refractivity contribution in [3.05, 3.63) is 48.6 Å². The Kier molecular flexibility index (Phi) is 9.88. The summed E-state index contributed by atoms with van der Waals surface area (Å²) in [5, 5.41) is 9.52. The molecular weight excluding hydrogens is 328 g/mol. The molecule has 1 aromatic carbocycles. The summed E-state index contributed by atoms with van der Waals surface area (Å²) in [6.07, 6.45) is 0.265. The van der Waals surface area contributed by atoms with Gasteiger partial charge in [-0.3, -0.25) is 4.79 Å². The number of benzene rings is 1. The minimum absolute atomic E-state index is 0.186. The summed E-state index contributed by atoms with van der Waals surface area (Å²) in [6.45, 7) is 4.99. The van der Waals surface area contributed by atoms with E-state index in [1.807, 2.05) is 18.2 Å². The molecule has 0 fully saturated rings. The predicted molar refractivity (Wildman–Crippen MR) is 94.9 cm³/mol. The van der Waals surface area contributed by atoms with Crippen LogP contribution in [0.2, 0.25) is 0 Å². The summed E-state index contributed by atoms with van der Waals surface area (Å²) in [4.78, 5) is 22.4. The van der Waals surface area contributed by atoms with Gasteiger partial charge in [0.1, 0.15) is 19.3 Å². The third-order valence-electron chi connectivity index (χ3n) is 3.21. The molecule has 2 atom stereocenters. The molecule has 0 bridgehead atoms. The molecule has 132 valence electrons. The zero-order chi connectivity index (χ0) is 17.8. The first-order chi connectivity index (χ1) is 11.5. The normalized spacial score (nSPS) is 12.9. The first-order valence-corrected chi connectivity index (χ1v) is 8.94. The number of esters is 2. The van der Waals surface area contributed by atoms with Gasteiger partial charge in [-0.1, -0.05) is 43.8 Å². The quantitative estimate of drug-likeness (QED) is 0.375. The van der Waals surface area contributed by atoms with Gasteiger partial charge in [-0.15, -0.1) is 0 Å². The molecule has 0 spiro atoms. The number of aliphatic hydroxyl groups excluding tert-OH is 1. The maximum absolute atomic E-state index is 11.6. The summed E-state index contributed by atoms with van der Waals surface area (Å²) < 4.78 is 9.59. The number of hydrogen-bond donors (Lipinski definition) is 1. The molecule has 0 saturated carbocycles. The van der Waals surface area contributed by atoms with Crippen LogP contribution in [0.4, 0.5) is 0 Å². The van der Waals surface area contributed by atoms with Crippen LogP contribution in [-0.4, -0.2) is 47.9 Å². The van der Waals surface area contributed by atoms with E-state index in [1.165, 1.54) is 5.56 Å². The van der Waals surface area contributed by atoms with Crippen LogP contribution in [-0.2, 0) is 19.1 Å². The molecule has 0 saturated heterocycles. The molecular formula is C18H24O5S. The van der Waals surface area contributed by atoms with Crippen molar-refractivity contribution < 1.29 is 24.2 Å². The fourth-order valence-corrected chi connectivity index (χ4v) is 2.86. The number of carbonyl (C=O) groups is 2. The Hall–Kier alpha value is -1.79. The van der Waals surface area contributed by atoms with Crippen molar-refractivity contribution in [3.63, 3.8) is 0 Å². The van der Waals surface area contributed by atoms with Gasteiger partial charge >= 0.3 is 11.9 Å². The Morgan fingerprint density at radius 3 is 2.58 bits per heavy atom. The lowest BCUT2D eigenvalue weighted by molar-refractivity contribution is -0.149. The largest absolute Gasteiger partial charge is 0.463 e. The van der Waals surface area contributed by atoms with E-state index in [0.717, 1.165) is 11.8 Å². The Bertz CT molecular complexity index is 517. The van der Waals surface area contributed by atoms with E-state index in [0.29, 0.717) is 11.7 Å². The molecule has 24 heavy (non-hydrogen) atoms. The molecule has 0 heterocycles. The molecule has 0 aliphatic rings. The van der Waals surface area contributed by atoms with Crippen molar-refractivity contribution in [2.45, 2.75) is 25.4 Å². The van der Waals surface area contributed by atoms with Gasteiger partial charge in [-0.25, -0.2) is 4.79 Å². The van der Waals surface area contributed by atoms with Crippen molar-refractivity contribution in [2.24, 2.45) is 0 Å². The number of aliphatic hydroxyl groups is 1. The van der Waals surface area contributed by atoms with E-state index >= 15 is 0 Å². The van der Waals surface area contributed by atoms with E-state index in [9.17, 15) is 14.7 Å². The highest BCUT2D eigenvalue weighted by Crippen LogP contribution is 2.20. The van der Waals surface area contributed by atoms with Crippen molar-refractivity contribution in [1.82, 2.24) is 0 Å². The minimum atomic E-state index is -1.02. The van der Waals surface area contributed by atoms with Gasteiger partial charge in [0.2, 0.25) is 0 Å². The van der Waals surface area contributed by atoms with Crippen LogP contribution >= 0.6 is 11.8 Å². The lowest BCUT2D eigenvalue weighted by atomic mass is 10.0. The van der Waals surface area contributed by atoms with Crippen molar-refractivity contribution in [1.29, 1.82) is 0 Å². The SMILES string of the molecule is C=CC(=O)OCC(O)COC(=O)CCSCC(C)c1ccccc1. The highest BCUT2D eigenvalue weighted by atomic mass is 32.2. The maximum Gasteiger partial charge on any atom is 0.330 e. The Balaban J connectivity index is 2.09. The zero-order valence-corrected chi connectivity index (χ0v) is 14.7. The van der Waals surface area contributed by atoms with E-state index in [1.54, 1.807) is 11.8 Å². The summed E-state index contributed by atoms with van der Waals surface area (Å²) in [7, 11) is 0. The molecule has 1 rings (SSSR count). The Morgan fingerprint density at radius 2 is 1.92 bits per heavy atom. The maximum atomic E-state index is 11.6. The van der Waals surface area contributed by atoms with Crippen LogP contribution in [0.3, 0.4) is 0 Å². The van der Waals surface area contributed by atoms with Gasteiger partial charge in [0.25, 0.3) is 0 Å². The summed E-state index contributed by atoms with van der Waals surface area (Å²) in [6, 6.07) is 10.2. The molecule has 6 heteroatoms. The number of hydrogen-bond acceptors (Lipinski definition) is 6. The molecule has 1 aromatic rings. The van der Waals surface area contributed by atoms with Crippen LogP contribution in [0, 0.1) is 0 Å². The Morgan fingerprint density at radius 1 is 1.25 bits per heavy atom. The molecule has 0 aromatic heterocycles. The van der Waals surface area contributed by atoms with E-state index in [-0.39, 0.29) is 25.6 Å². The second-order valence-electron chi connectivity index (χ2n) is 5.31. The third kappa shape index (κ3) is 8.74. The average molecular weight is 352 g/mol. The van der Waals surface area contributed by atoms with Gasteiger partial charge in [-0.05, 0) is 17.2 Å². The van der Waals surface area contributed by atoms with E-state index in [2.05, 4.69) is 30.4 Å². The summed E-state index contributed by atoms with van der Waals surface area (Å²) >= 11 is 1.69. The smallest absolute Gasteiger partial charge is 0.330 e. The number of carbonyl (C=O) groups excluding carboxylic acids is 2. The highest BCUT2D eigenvalue weighted by Gasteiger charge is 2.11. The van der Waals surface area contributed by atoms with E-state index in [4.69, 9.17) is 4.74 Å². The van der Waals surface area contributed by atoms with Crippen LogP contribution < -0.4 is 0 Å². The van der Waals surface area contributed by atoms with Gasteiger partial charge < -0.3 is 14.6 Å². The first kappa shape index (κ1) is 20.3. The van der Waals surface area contributed by atoms with Gasteiger partial charge in [0, 0.05) is 11.8 Å². The molecule has 0 amide bonds. The summed E-state index contributed by atoms with van der Waals surface area (Å²) in [5.41, 5.74) is 1.28. The minimum Gasteiger partial charge on any atom is -0.463 e. The topological polar surface area (TPSA) is 72.8 Å². The van der Waals surface area contributed by atoms with Crippen LogP contribution in [0.15, 0.2) is 43.0 Å². The molecule has 0 aliphatic carbocycles. The standard InChI is InChI=1S/C18H24O5S/c1-3-17(20)22-11-16(19)12-23-18(21)9-10-24-13-14(2)15-7-5-4-6-8-15/h3-8,14,16,19H,1,9-13H2,2H3. The third-order valence-corrected chi connectivity index (χ3v) is 4.44. The van der Waals surface area contributed by atoms with Crippen LogP contribution in [0.5, 0.6) is 0 Å². The molecule has 0 radical (unpaired) electrons. The second kappa shape index (κ2) is 11.7. The van der Waals surface area contributed by atoms with Gasteiger partial charge in [0.05, 0.1) is 6.42 Å². The molecule has 0 aliphatic heterocycles. The average Bonchev–Trinajstić information content (AvgIpc) is 2.61. The lowest BCUT2D eigenvalue weighted by Gasteiger charge is -2.12. The Labute approximate surface area is 147 Å². The van der Waals surface area contributed by atoms with Crippen LogP contribution in [0.1, 0.15) is 24.8 Å². The fraction of sp³-hybridized carbons (Fsp3) is 0.444. The summed E-state index contributed by atoms with van der Waals surface area (Å²) in [5.74, 6) is 1.02. The fourth-order valence-electron chi connectivity index (χ4n) is 1.84. The monoisotopic (exact) mass is 352 g/mol. The molecule has 2 unspecified atom stereocenters. The highest BCUT2D eigenvalue weighted by molar-refractivity contribution is 7.99. The van der Waals surface area contributed by atoms with Crippen LogP contribution in [0.25, 0.3) is 0 Å². The van der Waals surface area contributed by atoms with Crippen molar-refractivity contribution >= 4 is 23.7 Å².